The highest BCUT2D eigenvalue weighted by Gasteiger charge is 2.09. The molecule has 1 rings (SSSR count). The number of carbonyl (C=O) groups is 1. The van der Waals surface area contributed by atoms with Crippen molar-refractivity contribution in [3.63, 3.8) is 0 Å². The van der Waals surface area contributed by atoms with Crippen molar-refractivity contribution in [3.8, 4) is 0 Å². The Morgan fingerprint density at radius 3 is 2.68 bits per heavy atom. The predicted octanol–water partition coefficient (Wildman–Crippen LogP) is 2.40. The van der Waals surface area contributed by atoms with E-state index in [-0.39, 0.29) is 18.7 Å². The van der Waals surface area contributed by atoms with Gasteiger partial charge in [0.25, 0.3) is 0 Å². The summed E-state index contributed by atoms with van der Waals surface area (Å²) in [6.07, 6.45) is 1.50. The molecule has 1 aromatic carbocycles. The molecule has 1 amide bonds. The third-order valence-electron chi connectivity index (χ3n) is 3.55. The summed E-state index contributed by atoms with van der Waals surface area (Å²) in [7, 11) is 0. The summed E-state index contributed by atoms with van der Waals surface area (Å²) in [5.41, 5.74) is 0.980. The van der Waals surface area contributed by atoms with Gasteiger partial charge in [-0.1, -0.05) is 37.3 Å². The van der Waals surface area contributed by atoms with Gasteiger partial charge in [-0.05, 0) is 38.4 Å². The lowest BCUT2D eigenvalue weighted by atomic mass is 10.2. The van der Waals surface area contributed by atoms with E-state index in [1.54, 1.807) is 0 Å². The molecular weight excluding hydrogens is 280 g/mol. The van der Waals surface area contributed by atoms with Crippen LogP contribution in [0.1, 0.15) is 32.3 Å². The number of hydrogen-bond acceptors (Lipinski definition) is 4. The largest absolute Gasteiger partial charge is 0.445 e. The molecule has 5 nitrogen and oxygen atoms in total. The molecule has 0 aliphatic carbocycles. The molecule has 1 aromatic rings. The summed E-state index contributed by atoms with van der Waals surface area (Å²) in [6.45, 7) is 7.11. The maximum Gasteiger partial charge on any atom is 0.407 e. The van der Waals surface area contributed by atoms with E-state index in [0.29, 0.717) is 13.2 Å². The van der Waals surface area contributed by atoms with Crippen LogP contribution in [0.25, 0.3) is 0 Å². The zero-order valence-corrected chi connectivity index (χ0v) is 13.6. The van der Waals surface area contributed by atoms with Gasteiger partial charge in [0.15, 0.2) is 0 Å². The maximum atomic E-state index is 11.7. The van der Waals surface area contributed by atoms with E-state index in [1.165, 1.54) is 0 Å². The Bertz CT molecular complexity index is 412. The first-order valence-corrected chi connectivity index (χ1v) is 7.96. The second-order valence-electron chi connectivity index (χ2n) is 5.41. The van der Waals surface area contributed by atoms with Crippen LogP contribution in [0.3, 0.4) is 0 Å². The number of aliphatic hydroxyl groups is 1. The highest BCUT2D eigenvalue weighted by molar-refractivity contribution is 5.67. The van der Waals surface area contributed by atoms with Gasteiger partial charge in [0.1, 0.15) is 6.61 Å². The van der Waals surface area contributed by atoms with Crippen molar-refractivity contribution >= 4 is 6.09 Å². The highest BCUT2D eigenvalue weighted by Crippen LogP contribution is 2.03. The molecule has 0 aromatic heterocycles. The van der Waals surface area contributed by atoms with Gasteiger partial charge < -0.3 is 20.1 Å². The first-order valence-electron chi connectivity index (χ1n) is 7.96. The maximum absolute atomic E-state index is 11.7. The zero-order chi connectivity index (χ0) is 16.2. The van der Waals surface area contributed by atoms with Gasteiger partial charge in [-0.15, -0.1) is 0 Å². The van der Waals surface area contributed by atoms with E-state index in [2.05, 4.69) is 17.1 Å². The lowest BCUT2D eigenvalue weighted by Gasteiger charge is -2.20. The first kappa shape index (κ1) is 18.5. The smallest absolute Gasteiger partial charge is 0.407 e. The molecule has 22 heavy (non-hydrogen) atoms. The molecule has 0 fully saturated rings. The number of hydrogen-bond donors (Lipinski definition) is 2. The Hall–Kier alpha value is -1.59. The molecule has 0 aliphatic heterocycles. The summed E-state index contributed by atoms with van der Waals surface area (Å²) in [4.78, 5) is 13.9. The van der Waals surface area contributed by atoms with Crippen molar-refractivity contribution in [2.45, 2.75) is 39.3 Å². The second kappa shape index (κ2) is 11.0. The molecule has 0 unspecified atom stereocenters. The second-order valence-corrected chi connectivity index (χ2v) is 5.41. The van der Waals surface area contributed by atoms with Crippen LogP contribution in [-0.2, 0) is 11.3 Å². The van der Waals surface area contributed by atoms with Crippen LogP contribution < -0.4 is 5.32 Å². The molecule has 1 atom stereocenters. The van der Waals surface area contributed by atoms with Crippen molar-refractivity contribution in [3.05, 3.63) is 35.9 Å². The van der Waals surface area contributed by atoms with Gasteiger partial charge in [-0.25, -0.2) is 4.79 Å². The molecule has 124 valence electrons. The normalized spacial score (nSPS) is 12.2. The number of amides is 1. The van der Waals surface area contributed by atoms with Crippen LogP contribution in [0.15, 0.2) is 30.3 Å². The number of alkyl carbamates (subject to hydrolysis) is 1. The Balaban J connectivity index is 2.15. The molecule has 0 heterocycles. The van der Waals surface area contributed by atoms with Gasteiger partial charge in [-0.2, -0.15) is 0 Å². The fourth-order valence-corrected chi connectivity index (χ4v) is 2.23. The minimum absolute atomic E-state index is 0.0797. The number of aliphatic hydroxyl groups excluding tert-OH is 1. The summed E-state index contributed by atoms with van der Waals surface area (Å²) >= 11 is 0. The average molecular weight is 308 g/mol. The standard InChI is InChI=1S/C17H28N2O3/c1-3-19(12-13-20)11-7-8-15(2)18-17(21)22-14-16-9-5-4-6-10-16/h4-6,9-10,15,20H,3,7-8,11-14H2,1-2H3,(H,18,21)/t15-/m1/s1. The number of likely N-dealkylation sites (N-methyl/N-ethyl adjacent to an activating group) is 1. The Morgan fingerprint density at radius 1 is 1.32 bits per heavy atom. The monoisotopic (exact) mass is 308 g/mol. The molecule has 0 saturated carbocycles. The number of nitrogens with zero attached hydrogens (tertiary/aromatic N) is 1. The molecule has 0 spiro atoms. The molecule has 5 heteroatoms. The number of rotatable bonds is 10. The Morgan fingerprint density at radius 2 is 2.05 bits per heavy atom. The van der Waals surface area contributed by atoms with Gasteiger partial charge in [0.05, 0.1) is 6.61 Å². The fourth-order valence-electron chi connectivity index (χ4n) is 2.23. The van der Waals surface area contributed by atoms with E-state index in [4.69, 9.17) is 9.84 Å². The average Bonchev–Trinajstić information content (AvgIpc) is 2.53. The number of carbonyl (C=O) groups excluding carboxylic acids is 1. The van der Waals surface area contributed by atoms with Crippen LogP contribution in [-0.4, -0.2) is 48.4 Å². The minimum atomic E-state index is -0.376. The van der Waals surface area contributed by atoms with Crippen molar-refractivity contribution in [1.82, 2.24) is 10.2 Å². The van der Waals surface area contributed by atoms with Gasteiger partial charge >= 0.3 is 6.09 Å². The van der Waals surface area contributed by atoms with Gasteiger partial charge in [0, 0.05) is 12.6 Å². The predicted molar refractivity (Wildman–Crippen MR) is 87.7 cm³/mol. The molecule has 2 N–H and O–H groups in total. The lowest BCUT2D eigenvalue weighted by Crippen LogP contribution is -2.34. The fraction of sp³-hybridized carbons (Fsp3) is 0.588. The Kier molecular flexibility index (Phi) is 9.26. The number of benzene rings is 1. The Labute approximate surface area is 133 Å². The van der Waals surface area contributed by atoms with Crippen LogP contribution in [0.4, 0.5) is 4.79 Å². The molecule has 0 radical (unpaired) electrons. The third kappa shape index (κ3) is 8.00. The third-order valence-corrected chi connectivity index (χ3v) is 3.55. The summed E-state index contributed by atoms with van der Waals surface area (Å²) in [6, 6.07) is 9.71. The van der Waals surface area contributed by atoms with E-state index in [1.807, 2.05) is 37.3 Å². The minimum Gasteiger partial charge on any atom is -0.445 e. The van der Waals surface area contributed by atoms with Crippen LogP contribution in [0, 0.1) is 0 Å². The van der Waals surface area contributed by atoms with E-state index < -0.39 is 0 Å². The SMILES string of the molecule is CCN(CCO)CCC[C@@H](C)NC(=O)OCc1ccccc1. The van der Waals surface area contributed by atoms with E-state index in [9.17, 15) is 4.79 Å². The van der Waals surface area contributed by atoms with Crippen molar-refractivity contribution in [2.75, 3.05) is 26.2 Å². The van der Waals surface area contributed by atoms with Gasteiger partial charge in [-0.3, -0.25) is 0 Å². The van der Waals surface area contributed by atoms with Gasteiger partial charge in [0.2, 0.25) is 0 Å². The summed E-state index contributed by atoms with van der Waals surface area (Å²) in [5, 5.41) is 11.8. The topological polar surface area (TPSA) is 61.8 Å². The van der Waals surface area contributed by atoms with Crippen molar-refractivity contribution < 1.29 is 14.6 Å². The van der Waals surface area contributed by atoms with E-state index >= 15 is 0 Å². The number of ether oxygens (including phenoxy) is 1. The molecule has 0 bridgehead atoms. The summed E-state index contributed by atoms with van der Waals surface area (Å²) in [5.74, 6) is 0. The van der Waals surface area contributed by atoms with Crippen LogP contribution in [0.5, 0.6) is 0 Å². The molecule has 0 saturated heterocycles. The first-order chi connectivity index (χ1) is 10.7. The highest BCUT2D eigenvalue weighted by atomic mass is 16.5. The van der Waals surface area contributed by atoms with Crippen molar-refractivity contribution in [1.29, 1.82) is 0 Å². The molecule has 0 aliphatic rings. The van der Waals surface area contributed by atoms with Crippen LogP contribution in [0.2, 0.25) is 0 Å². The quantitative estimate of drug-likeness (QED) is 0.697. The lowest BCUT2D eigenvalue weighted by molar-refractivity contribution is 0.135. The number of nitrogens with one attached hydrogen (secondary N) is 1. The molecular formula is C17H28N2O3. The van der Waals surface area contributed by atoms with E-state index in [0.717, 1.165) is 31.5 Å². The summed E-state index contributed by atoms with van der Waals surface area (Å²) < 4.78 is 5.19. The zero-order valence-electron chi connectivity index (χ0n) is 13.6. The van der Waals surface area contributed by atoms with Crippen molar-refractivity contribution in [2.24, 2.45) is 0 Å². The van der Waals surface area contributed by atoms with Crippen LogP contribution >= 0.6 is 0 Å².